The van der Waals surface area contributed by atoms with Crippen LogP contribution < -0.4 is 4.74 Å². The number of ether oxygens (including phenoxy) is 1. The van der Waals surface area contributed by atoms with E-state index in [1.54, 1.807) is 0 Å². The first-order chi connectivity index (χ1) is 6.09. The molecular weight excluding hydrogens is 162 g/mol. The van der Waals surface area contributed by atoms with Crippen LogP contribution in [0.15, 0.2) is 24.3 Å². The lowest BCUT2D eigenvalue weighted by molar-refractivity contribution is -0.384. The second kappa shape index (κ2) is 3.47. The number of hydrogen-bond donors (Lipinski definition) is 0. The number of benzene rings is 1. The van der Waals surface area contributed by atoms with Crippen molar-refractivity contribution in [3.63, 3.8) is 0 Å². The molecule has 5 heteroatoms. The molecule has 1 aromatic rings. The van der Waals surface area contributed by atoms with E-state index in [1.165, 1.54) is 24.3 Å². The largest absolute Gasteiger partial charge is 0.429 e. The number of carbonyl (C=O) groups excluding carboxylic acids is 1. The molecule has 0 radical (unpaired) electrons. The van der Waals surface area contributed by atoms with Gasteiger partial charge in [-0.3, -0.25) is 14.9 Å². The maximum atomic E-state index is 10.2. The summed E-state index contributed by atoms with van der Waals surface area (Å²) in [4.78, 5) is 19.8. The van der Waals surface area contributed by atoms with Gasteiger partial charge in [0.15, 0.2) is 1.37 Å². The fourth-order valence-corrected chi connectivity index (χ4v) is 0.684. The Kier molecular flexibility index (Phi) is 1.96. The van der Waals surface area contributed by atoms with Gasteiger partial charge in [0.05, 0.1) is 4.92 Å². The lowest BCUT2D eigenvalue weighted by Gasteiger charge is -1.94. The molecule has 12 heavy (non-hydrogen) atoms. The van der Waals surface area contributed by atoms with Crippen LogP contribution in [0.4, 0.5) is 5.69 Å². The zero-order valence-electron chi connectivity index (χ0n) is 6.89. The maximum Gasteiger partial charge on any atom is 0.298 e. The van der Waals surface area contributed by atoms with Crippen LogP contribution >= 0.6 is 0 Å². The molecule has 1 rings (SSSR count). The van der Waals surface area contributed by atoms with Crippen molar-refractivity contribution in [2.75, 3.05) is 0 Å². The highest BCUT2D eigenvalue weighted by molar-refractivity contribution is 5.46. The highest BCUT2D eigenvalue weighted by Crippen LogP contribution is 2.16. The molecule has 0 aromatic heterocycles. The molecule has 0 saturated carbocycles. The fourth-order valence-electron chi connectivity index (χ4n) is 0.684. The summed E-state index contributed by atoms with van der Waals surface area (Å²) in [5.74, 6) is 0.116. The summed E-state index contributed by atoms with van der Waals surface area (Å²) in [6.07, 6.45) is -1.20. The third-order valence-electron chi connectivity index (χ3n) is 1.21. The molecule has 62 valence electrons. The van der Waals surface area contributed by atoms with Crippen molar-refractivity contribution in [3.8, 4) is 5.75 Å². The zero-order chi connectivity index (χ0) is 9.84. The molecule has 0 unspecified atom stereocenters. The van der Waals surface area contributed by atoms with Crippen molar-refractivity contribution >= 4 is 12.1 Å². The standard InChI is InChI=1S/C7H5NO4/c9-5-12-7-3-1-6(2-4-7)8(10)11/h1-5H/i5T. The van der Waals surface area contributed by atoms with E-state index in [-0.39, 0.29) is 11.4 Å². The molecule has 0 bridgehead atoms. The Morgan fingerprint density at radius 3 is 2.50 bits per heavy atom. The van der Waals surface area contributed by atoms with E-state index in [1.807, 2.05) is 0 Å². The Morgan fingerprint density at radius 2 is 2.08 bits per heavy atom. The highest BCUT2D eigenvalue weighted by Gasteiger charge is 2.03. The van der Waals surface area contributed by atoms with Gasteiger partial charge in [-0.1, -0.05) is 0 Å². The van der Waals surface area contributed by atoms with Gasteiger partial charge in [0.1, 0.15) is 5.75 Å². The molecule has 0 spiro atoms. The smallest absolute Gasteiger partial charge is 0.298 e. The van der Waals surface area contributed by atoms with Gasteiger partial charge in [-0.15, -0.1) is 0 Å². The van der Waals surface area contributed by atoms with E-state index >= 15 is 0 Å². The number of carbonyl (C=O) groups is 1. The molecule has 0 fully saturated rings. The average molecular weight is 169 g/mol. The fraction of sp³-hybridized carbons (Fsp3) is 0. The third kappa shape index (κ3) is 1.79. The maximum absolute atomic E-state index is 10.2. The van der Waals surface area contributed by atoms with Crippen molar-refractivity contribution in [1.29, 1.82) is 0 Å². The van der Waals surface area contributed by atoms with Gasteiger partial charge in [-0.25, -0.2) is 0 Å². The first-order valence-corrected chi connectivity index (χ1v) is 3.02. The number of nitrogens with zero attached hydrogens (tertiary/aromatic N) is 1. The van der Waals surface area contributed by atoms with Crippen LogP contribution in [0.1, 0.15) is 1.37 Å². The monoisotopic (exact) mass is 169 g/mol. The number of nitro groups is 1. The quantitative estimate of drug-likeness (QED) is 0.378. The van der Waals surface area contributed by atoms with Gasteiger partial charge in [0.25, 0.3) is 12.1 Å². The third-order valence-corrected chi connectivity index (χ3v) is 1.21. The minimum Gasteiger partial charge on any atom is -0.429 e. The first-order valence-electron chi connectivity index (χ1n) is 3.52. The summed E-state index contributed by atoms with van der Waals surface area (Å²) in [6.45, 7) is 0. The van der Waals surface area contributed by atoms with E-state index < -0.39 is 11.4 Å². The Hall–Kier alpha value is -1.91. The predicted octanol–water partition coefficient (Wildman–Crippen LogP) is 1.13. The van der Waals surface area contributed by atoms with E-state index in [9.17, 15) is 14.9 Å². The Balaban J connectivity index is 2.81. The summed E-state index contributed by atoms with van der Waals surface area (Å²) in [5.41, 5.74) is -0.0928. The van der Waals surface area contributed by atoms with Crippen molar-refractivity contribution in [3.05, 3.63) is 34.4 Å². The van der Waals surface area contributed by atoms with Crippen LogP contribution in [0.2, 0.25) is 0 Å². The minimum absolute atomic E-state index is 0.0928. The topological polar surface area (TPSA) is 69.4 Å². The Bertz CT molecular complexity index is 335. The van der Waals surface area contributed by atoms with Crippen LogP contribution in [-0.2, 0) is 4.79 Å². The second-order valence-electron chi connectivity index (χ2n) is 1.94. The summed E-state index contributed by atoms with van der Waals surface area (Å²) in [5, 5.41) is 10.2. The summed E-state index contributed by atoms with van der Waals surface area (Å²) in [6, 6.07) is 4.89. The summed E-state index contributed by atoms with van der Waals surface area (Å²) >= 11 is 0. The number of hydrogen-bond acceptors (Lipinski definition) is 4. The Morgan fingerprint density at radius 1 is 1.50 bits per heavy atom. The molecular formula is C7H5NO4. The van der Waals surface area contributed by atoms with Gasteiger partial charge >= 0.3 is 0 Å². The van der Waals surface area contributed by atoms with E-state index in [4.69, 9.17) is 1.37 Å². The van der Waals surface area contributed by atoms with Gasteiger partial charge in [0.2, 0.25) is 0 Å². The predicted molar refractivity (Wildman–Crippen MR) is 39.8 cm³/mol. The van der Waals surface area contributed by atoms with Gasteiger partial charge < -0.3 is 4.74 Å². The van der Waals surface area contributed by atoms with Crippen molar-refractivity contribution in [1.82, 2.24) is 0 Å². The highest BCUT2D eigenvalue weighted by atomic mass is 16.6. The number of nitro benzene ring substituents is 1. The number of rotatable bonds is 2. The number of non-ortho nitro benzene ring substituents is 1. The second-order valence-corrected chi connectivity index (χ2v) is 1.94. The normalized spacial score (nSPS) is 10.2. The van der Waals surface area contributed by atoms with E-state index in [0.717, 1.165) is 0 Å². The van der Waals surface area contributed by atoms with Crippen molar-refractivity contribution < 1.29 is 15.8 Å². The molecule has 0 atom stereocenters. The Labute approximate surface area is 69.1 Å². The van der Waals surface area contributed by atoms with Gasteiger partial charge in [-0.05, 0) is 12.1 Å². The average Bonchev–Trinajstić information content (AvgIpc) is 2.04. The summed E-state index contributed by atoms with van der Waals surface area (Å²) in [7, 11) is 0. The van der Waals surface area contributed by atoms with Crippen LogP contribution in [0.5, 0.6) is 5.75 Å². The first kappa shape index (κ1) is 6.78. The van der Waals surface area contributed by atoms with Gasteiger partial charge in [0, 0.05) is 12.1 Å². The molecule has 0 aliphatic rings. The molecule has 0 N–H and O–H groups in total. The van der Waals surface area contributed by atoms with Gasteiger partial charge in [-0.2, -0.15) is 0 Å². The van der Waals surface area contributed by atoms with E-state index in [2.05, 4.69) is 4.74 Å². The SMILES string of the molecule is [3H]C(=O)Oc1ccc([N+](=O)[O-])cc1. The molecule has 0 saturated heterocycles. The van der Waals surface area contributed by atoms with Crippen LogP contribution in [0.25, 0.3) is 0 Å². The summed E-state index contributed by atoms with van der Waals surface area (Å²) < 4.78 is 10.8. The molecule has 1 aromatic carbocycles. The molecule has 5 nitrogen and oxygen atoms in total. The minimum atomic E-state index is -1.20. The van der Waals surface area contributed by atoms with Crippen molar-refractivity contribution in [2.45, 2.75) is 0 Å². The molecule has 0 aliphatic heterocycles. The zero-order valence-corrected chi connectivity index (χ0v) is 5.89. The lowest BCUT2D eigenvalue weighted by atomic mass is 10.3. The molecule has 0 heterocycles. The van der Waals surface area contributed by atoms with Crippen LogP contribution in [-0.4, -0.2) is 11.4 Å². The van der Waals surface area contributed by atoms with Crippen LogP contribution in [0, 0.1) is 10.1 Å². The van der Waals surface area contributed by atoms with E-state index in [0.29, 0.717) is 0 Å². The molecule has 0 aliphatic carbocycles. The lowest BCUT2D eigenvalue weighted by Crippen LogP contribution is -1.90. The van der Waals surface area contributed by atoms with Crippen molar-refractivity contribution in [2.24, 2.45) is 0 Å². The van der Waals surface area contributed by atoms with Crippen LogP contribution in [0.3, 0.4) is 0 Å². The molecule has 0 amide bonds.